The monoisotopic (exact) mass is 605 g/mol. The Labute approximate surface area is 258 Å². The first-order valence-corrected chi connectivity index (χ1v) is 15.7. The highest BCUT2D eigenvalue weighted by atomic mass is 32.1. The first kappa shape index (κ1) is 27.8. The lowest BCUT2D eigenvalue weighted by molar-refractivity contribution is 0.171. The zero-order chi connectivity index (χ0) is 29.9. The predicted octanol–water partition coefficient (Wildman–Crippen LogP) is 5.95. The van der Waals surface area contributed by atoms with Crippen LogP contribution < -0.4 is 24.3 Å². The van der Waals surface area contributed by atoms with Gasteiger partial charge in [0.25, 0.3) is 5.56 Å². The van der Waals surface area contributed by atoms with Crippen molar-refractivity contribution >= 4 is 22.4 Å². The second kappa shape index (κ2) is 12.3. The highest BCUT2D eigenvalue weighted by Gasteiger charge is 2.18. The molecule has 3 aromatic heterocycles. The van der Waals surface area contributed by atoms with Gasteiger partial charge in [-0.1, -0.05) is 55.7 Å². The number of fused-ring (bicyclic) bond motifs is 2. The quantitative estimate of drug-likeness (QED) is 0.178. The summed E-state index contributed by atoms with van der Waals surface area (Å²) in [4.78, 5) is 18.7. The van der Waals surface area contributed by atoms with E-state index in [1.54, 1.807) is 0 Å². The van der Waals surface area contributed by atoms with Gasteiger partial charge in [-0.25, -0.2) is 4.68 Å². The van der Waals surface area contributed by atoms with Crippen LogP contribution in [-0.4, -0.2) is 44.2 Å². The molecule has 0 amide bonds. The van der Waals surface area contributed by atoms with Crippen LogP contribution in [0.4, 0.5) is 0 Å². The Morgan fingerprint density at radius 2 is 1.70 bits per heavy atom. The van der Waals surface area contributed by atoms with Crippen LogP contribution in [0.2, 0.25) is 0 Å². The summed E-state index contributed by atoms with van der Waals surface area (Å²) in [5, 5.41) is 9.45. The number of ether oxygens (including phenoxy) is 3. The number of para-hydroxylation sites is 1. The zero-order valence-corrected chi connectivity index (χ0v) is 25.1. The van der Waals surface area contributed by atoms with Gasteiger partial charge < -0.3 is 14.2 Å². The molecular formula is C34H31N5O4S. The highest BCUT2D eigenvalue weighted by molar-refractivity contribution is 7.15. The Bertz CT molecular complexity index is 2010. The summed E-state index contributed by atoms with van der Waals surface area (Å²) >= 11 is 1.30. The maximum absolute atomic E-state index is 13.5. The van der Waals surface area contributed by atoms with E-state index >= 15 is 0 Å². The molecule has 222 valence electrons. The fourth-order valence-corrected chi connectivity index (χ4v) is 6.04. The van der Waals surface area contributed by atoms with Crippen molar-refractivity contribution in [2.24, 2.45) is 0 Å². The molecule has 7 rings (SSSR count). The Hall–Kier alpha value is -4.96. The number of aromatic nitrogens is 5. The molecule has 0 saturated heterocycles. The summed E-state index contributed by atoms with van der Waals surface area (Å²) in [7, 11) is 0. The maximum Gasteiger partial charge on any atom is 0.291 e. The number of nitrogens with zero attached hydrogens (tertiary/aromatic N) is 5. The van der Waals surface area contributed by atoms with Crippen LogP contribution in [0.3, 0.4) is 0 Å². The van der Waals surface area contributed by atoms with Gasteiger partial charge in [-0.05, 0) is 67.1 Å². The standard InChI is InChI=1S/C34H31N5O4S/c1-2-3-4-8-17-41-27-14-11-23(12-15-27)32-35-34-39(37-32)33(40)30(44-34)21-25-22-38(26-9-6-5-7-10-26)36-31(25)24-13-16-28-29(20-24)43-19-18-42-28/h5-7,9-16,20-22H,2-4,8,17-19H2,1H3. The van der Waals surface area contributed by atoms with Gasteiger partial charge >= 0.3 is 0 Å². The Balaban J connectivity index is 1.20. The zero-order valence-electron chi connectivity index (χ0n) is 24.3. The fraction of sp³-hybridized carbons (Fsp3) is 0.235. The third kappa shape index (κ3) is 5.68. The molecule has 10 heteroatoms. The summed E-state index contributed by atoms with van der Waals surface area (Å²) < 4.78 is 21.1. The minimum Gasteiger partial charge on any atom is -0.494 e. The molecule has 0 N–H and O–H groups in total. The van der Waals surface area contributed by atoms with E-state index in [0.29, 0.717) is 46.6 Å². The average Bonchev–Trinajstić information content (AvgIpc) is 3.76. The summed E-state index contributed by atoms with van der Waals surface area (Å²) in [5.74, 6) is 2.71. The van der Waals surface area contributed by atoms with Crippen molar-refractivity contribution in [3.8, 4) is 45.6 Å². The second-order valence-electron chi connectivity index (χ2n) is 10.6. The van der Waals surface area contributed by atoms with E-state index in [9.17, 15) is 4.79 Å². The van der Waals surface area contributed by atoms with E-state index in [0.717, 1.165) is 40.2 Å². The number of unbranched alkanes of at least 4 members (excludes halogenated alkanes) is 3. The molecular weight excluding hydrogens is 574 g/mol. The van der Waals surface area contributed by atoms with Crippen LogP contribution in [-0.2, 0) is 0 Å². The van der Waals surface area contributed by atoms with Crippen LogP contribution in [0.25, 0.3) is 39.4 Å². The topological polar surface area (TPSA) is 92.8 Å². The van der Waals surface area contributed by atoms with Crippen molar-refractivity contribution in [3.05, 3.63) is 99.4 Å². The van der Waals surface area contributed by atoms with Gasteiger partial charge in [0.2, 0.25) is 4.96 Å². The van der Waals surface area contributed by atoms with Gasteiger partial charge in [-0.3, -0.25) is 4.79 Å². The lowest BCUT2D eigenvalue weighted by Crippen LogP contribution is -2.23. The summed E-state index contributed by atoms with van der Waals surface area (Å²) in [6, 6.07) is 23.3. The Morgan fingerprint density at radius 1 is 0.909 bits per heavy atom. The van der Waals surface area contributed by atoms with Crippen molar-refractivity contribution in [1.29, 1.82) is 0 Å². The molecule has 0 fully saturated rings. The SMILES string of the molecule is CCCCCCOc1ccc(-c2nc3sc(=Cc4cn(-c5ccccc5)nc4-c4ccc5c(c4)OCCO5)c(=O)n3n2)cc1. The molecule has 6 aromatic rings. The van der Waals surface area contributed by atoms with E-state index < -0.39 is 0 Å². The summed E-state index contributed by atoms with van der Waals surface area (Å²) in [5.41, 5.74) is 3.88. The van der Waals surface area contributed by atoms with Crippen molar-refractivity contribution < 1.29 is 14.2 Å². The smallest absolute Gasteiger partial charge is 0.291 e. The van der Waals surface area contributed by atoms with Gasteiger partial charge in [0, 0.05) is 22.9 Å². The third-order valence-electron chi connectivity index (χ3n) is 7.43. The van der Waals surface area contributed by atoms with Gasteiger partial charge in [0.15, 0.2) is 17.3 Å². The molecule has 1 aliphatic heterocycles. The number of thiazole rings is 1. The van der Waals surface area contributed by atoms with Crippen LogP contribution in [0.5, 0.6) is 17.2 Å². The number of benzene rings is 3. The van der Waals surface area contributed by atoms with Gasteiger partial charge in [0.05, 0.1) is 16.8 Å². The lowest BCUT2D eigenvalue weighted by atomic mass is 10.1. The summed E-state index contributed by atoms with van der Waals surface area (Å²) in [6.45, 7) is 3.92. The number of hydrogen-bond donors (Lipinski definition) is 0. The normalized spacial score (nSPS) is 13.1. The molecule has 4 heterocycles. The molecule has 0 saturated carbocycles. The molecule has 44 heavy (non-hydrogen) atoms. The fourth-order valence-electron chi connectivity index (χ4n) is 5.14. The molecule has 0 radical (unpaired) electrons. The van der Waals surface area contributed by atoms with Crippen LogP contribution in [0.15, 0.2) is 83.8 Å². The van der Waals surface area contributed by atoms with E-state index in [1.165, 1.54) is 35.1 Å². The minimum atomic E-state index is -0.226. The Morgan fingerprint density at radius 3 is 2.50 bits per heavy atom. The molecule has 0 spiro atoms. The maximum atomic E-state index is 13.5. The Kier molecular flexibility index (Phi) is 7.81. The number of hydrogen-bond acceptors (Lipinski definition) is 8. The van der Waals surface area contributed by atoms with Gasteiger partial charge in [-0.15, -0.1) is 5.10 Å². The molecule has 0 bridgehead atoms. The van der Waals surface area contributed by atoms with Crippen LogP contribution in [0.1, 0.15) is 38.2 Å². The third-order valence-corrected chi connectivity index (χ3v) is 8.39. The molecule has 0 unspecified atom stereocenters. The van der Waals surface area contributed by atoms with Gasteiger partial charge in [0.1, 0.15) is 24.7 Å². The first-order valence-electron chi connectivity index (χ1n) is 14.9. The van der Waals surface area contributed by atoms with Crippen LogP contribution in [0, 0.1) is 0 Å². The van der Waals surface area contributed by atoms with Crippen LogP contribution >= 0.6 is 11.3 Å². The lowest BCUT2D eigenvalue weighted by Gasteiger charge is -2.18. The molecule has 3 aromatic carbocycles. The molecule has 1 aliphatic rings. The van der Waals surface area contributed by atoms with Gasteiger partial charge in [-0.2, -0.15) is 14.6 Å². The van der Waals surface area contributed by atoms with E-state index in [-0.39, 0.29) is 5.56 Å². The van der Waals surface area contributed by atoms with Crippen molar-refractivity contribution in [2.45, 2.75) is 32.6 Å². The van der Waals surface area contributed by atoms with Crippen molar-refractivity contribution in [1.82, 2.24) is 24.4 Å². The molecule has 0 aliphatic carbocycles. The second-order valence-corrected chi connectivity index (χ2v) is 11.6. The van der Waals surface area contributed by atoms with Crippen molar-refractivity contribution in [2.75, 3.05) is 19.8 Å². The predicted molar refractivity (Wildman–Crippen MR) is 171 cm³/mol. The summed E-state index contributed by atoms with van der Waals surface area (Å²) in [6.07, 6.45) is 8.44. The highest BCUT2D eigenvalue weighted by Crippen LogP contribution is 2.35. The molecule has 0 atom stereocenters. The van der Waals surface area contributed by atoms with E-state index in [2.05, 4.69) is 17.0 Å². The molecule has 9 nitrogen and oxygen atoms in total. The van der Waals surface area contributed by atoms with Crippen molar-refractivity contribution in [3.63, 3.8) is 0 Å². The van der Waals surface area contributed by atoms with E-state index in [4.69, 9.17) is 19.3 Å². The van der Waals surface area contributed by atoms with E-state index in [1.807, 2.05) is 89.8 Å². The number of rotatable bonds is 10. The minimum absolute atomic E-state index is 0.226. The first-order chi connectivity index (χ1) is 21.7. The average molecular weight is 606 g/mol. The largest absolute Gasteiger partial charge is 0.494 e.